The summed E-state index contributed by atoms with van der Waals surface area (Å²) >= 11 is 0. The number of carboxylic acid groups (broad SMARTS) is 1. The number of unbranched alkanes of at least 4 members (excludes halogenated alkanes) is 1. The second-order valence-electron chi connectivity index (χ2n) is 10.8. The van der Waals surface area contributed by atoms with Crippen molar-refractivity contribution in [2.24, 2.45) is 23.3 Å². The monoisotopic (exact) mass is 544 g/mol. The molecule has 4 atom stereocenters. The summed E-state index contributed by atoms with van der Waals surface area (Å²) in [7, 11) is 0. The lowest BCUT2D eigenvalue weighted by molar-refractivity contribution is -0.142. The summed E-state index contributed by atoms with van der Waals surface area (Å²) in [5.41, 5.74) is 13.2. The first-order valence-electron chi connectivity index (χ1n) is 13.6. The number of H-pyrrole nitrogens is 1. The summed E-state index contributed by atoms with van der Waals surface area (Å²) < 4.78 is 0. The molecule has 11 nitrogen and oxygen atoms in total. The maximum Gasteiger partial charge on any atom is 0.326 e. The van der Waals surface area contributed by atoms with Crippen LogP contribution >= 0.6 is 0 Å². The van der Waals surface area contributed by atoms with Crippen molar-refractivity contribution in [1.82, 2.24) is 20.9 Å². The van der Waals surface area contributed by atoms with Crippen molar-refractivity contribution < 1.29 is 24.3 Å². The van der Waals surface area contributed by atoms with Gasteiger partial charge in [-0.3, -0.25) is 14.4 Å². The van der Waals surface area contributed by atoms with Crippen molar-refractivity contribution in [2.75, 3.05) is 6.54 Å². The van der Waals surface area contributed by atoms with E-state index in [2.05, 4.69) is 20.9 Å². The molecule has 11 heteroatoms. The number of amides is 3. The van der Waals surface area contributed by atoms with Gasteiger partial charge in [-0.2, -0.15) is 0 Å². The Morgan fingerprint density at radius 2 is 1.51 bits per heavy atom. The predicted molar refractivity (Wildman–Crippen MR) is 151 cm³/mol. The molecule has 0 radical (unpaired) electrons. The van der Waals surface area contributed by atoms with Crippen molar-refractivity contribution in [2.45, 2.75) is 84.0 Å². The number of fused-ring (bicyclic) bond motifs is 1. The molecule has 39 heavy (non-hydrogen) atoms. The van der Waals surface area contributed by atoms with Gasteiger partial charge in [0.15, 0.2) is 0 Å². The van der Waals surface area contributed by atoms with Gasteiger partial charge in [0.05, 0.1) is 6.04 Å². The Bertz CT molecular complexity index is 1110. The summed E-state index contributed by atoms with van der Waals surface area (Å²) in [6.45, 7) is 7.86. The van der Waals surface area contributed by atoms with E-state index >= 15 is 0 Å². The first-order valence-corrected chi connectivity index (χ1v) is 13.6. The number of nitrogens with two attached hydrogens (primary N) is 2. The third-order valence-corrected chi connectivity index (χ3v) is 6.65. The zero-order valence-corrected chi connectivity index (χ0v) is 23.3. The van der Waals surface area contributed by atoms with Crippen LogP contribution in [0.5, 0.6) is 0 Å². The molecule has 0 fully saturated rings. The maximum absolute atomic E-state index is 13.3. The molecule has 2 rings (SSSR count). The van der Waals surface area contributed by atoms with Gasteiger partial charge in [0, 0.05) is 23.5 Å². The average molecular weight is 545 g/mol. The molecule has 0 aliphatic carbocycles. The van der Waals surface area contributed by atoms with E-state index in [1.54, 1.807) is 6.20 Å². The van der Waals surface area contributed by atoms with Crippen LogP contribution in [0.2, 0.25) is 0 Å². The molecule has 0 bridgehead atoms. The van der Waals surface area contributed by atoms with Crippen LogP contribution in [0.25, 0.3) is 10.9 Å². The Labute approximate surface area is 229 Å². The van der Waals surface area contributed by atoms with Gasteiger partial charge >= 0.3 is 5.97 Å². The second-order valence-corrected chi connectivity index (χ2v) is 10.8. The Kier molecular flexibility index (Phi) is 12.4. The Balaban J connectivity index is 2.18. The van der Waals surface area contributed by atoms with Gasteiger partial charge in [0.2, 0.25) is 17.7 Å². The lowest BCUT2D eigenvalue weighted by atomic mass is 10.00. The number of carboxylic acids is 1. The molecule has 0 spiro atoms. The predicted octanol–water partition coefficient (Wildman–Crippen LogP) is 1.41. The van der Waals surface area contributed by atoms with Crippen LogP contribution in [0, 0.1) is 11.8 Å². The molecule has 0 aliphatic heterocycles. The zero-order valence-electron chi connectivity index (χ0n) is 23.3. The topological polar surface area (TPSA) is 192 Å². The van der Waals surface area contributed by atoms with E-state index in [1.807, 2.05) is 52.0 Å². The standard InChI is InChI=1S/C28H44N6O5/c1-16(2)13-22(33-25(35)21(11-7-8-12-29)32-27(37)24(30)17(3)4)26(36)34-23(28(38)39)14-18-15-31-20-10-6-5-9-19(18)20/h5-6,9-10,15-17,21-24,31H,7-8,11-14,29-30H2,1-4H3,(H,32,37)(H,33,35)(H,34,36)(H,38,39). The summed E-state index contributed by atoms with van der Waals surface area (Å²) in [5, 5.41) is 18.8. The van der Waals surface area contributed by atoms with E-state index in [1.165, 1.54) is 0 Å². The lowest BCUT2D eigenvalue weighted by Gasteiger charge is -2.26. The minimum Gasteiger partial charge on any atom is -0.480 e. The highest BCUT2D eigenvalue weighted by atomic mass is 16.4. The first-order chi connectivity index (χ1) is 18.4. The molecule has 3 amide bonds. The molecule has 0 saturated heterocycles. The molecule has 1 aromatic carbocycles. The van der Waals surface area contributed by atoms with Crippen molar-refractivity contribution >= 4 is 34.6 Å². The average Bonchev–Trinajstić information content (AvgIpc) is 3.29. The number of rotatable bonds is 16. The van der Waals surface area contributed by atoms with Gasteiger partial charge in [0.1, 0.15) is 18.1 Å². The van der Waals surface area contributed by atoms with Gasteiger partial charge < -0.3 is 37.5 Å². The van der Waals surface area contributed by atoms with Crippen LogP contribution < -0.4 is 27.4 Å². The molecular weight excluding hydrogens is 500 g/mol. The minimum absolute atomic E-state index is 0.0255. The van der Waals surface area contributed by atoms with Gasteiger partial charge in [-0.05, 0) is 55.7 Å². The molecular formula is C28H44N6O5. The number of carbonyl (C=O) groups is 4. The third kappa shape index (κ3) is 9.67. The third-order valence-electron chi connectivity index (χ3n) is 6.65. The molecule has 0 aliphatic rings. The SMILES string of the molecule is CC(C)CC(NC(=O)C(CCCCN)NC(=O)C(N)C(C)C)C(=O)NC(Cc1c[nH]c2ccccc12)C(=O)O. The summed E-state index contributed by atoms with van der Waals surface area (Å²) in [5.74, 6) is -2.86. The summed E-state index contributed by atoms with van der Waals surface area (Å²) in [6.07, 6.45) is 3.67. The molecule has 9 N–H and O–H groups in total. The number of hydrogen-bond acceptors (Lipinski definition) is 6. The number of benzene rings is 1. The normalized spacial score (nSPS) is 14.6. The lowest BCUT2D eigenvalue weighted by Crippen LogP contribution is -2.57. The van der Waals surface area contributed by atoms with Gasteiger partial charge in [0.25, 0.3) is 0 Å². The number of aliphatic carboxylic acids is 1. The number of aromatic amines is 1. The van der Waals surface area contributed by atoms with Gasteiger partial charge in [-0.25, -0.2) is 4.79 Å². The van der Waals surface area contributed by atoms with Crippen LogP contribution in [-0.2, 0) is 25.6 Å². The number of para-hydroxylation sites is 1. The highest BCUT2D eigenvalue weighted by Crippen LogP contribution is 2.19. The summed E-state index contributed by atoms with van der Waals surface area (Å²) in [6, 6.07) is 3.62. The smallest absolute Gasteiger partial charge is 0.326 e. The minimum atomic E-state index is -1.20. The van der Waals surface area contributed by atoms with Crippen molar-refractivity contribution in [1.29, 1.82) is 0 Å². The second kappa shape index (κ2) is 15.2. The molecule has 2 aromatic rings. The fourth-order valence-corrected chi connectivity index (χ4v) is 4.30. The van der Waals surface area contributed by atoms with E-state index in [9.17, 15) is 24.3 Å². The Morgan fingerprint density at radius 3 is 2.13 bits per heavy atom. The molecule has 0 saturated carbocycles. The molecule has 4 unspecified atom stereocenters. The Morgan fingerprint density at radius 1 is 0.897 bits per heavy atom. The van der Waals surface area contributed by atoms with E-state index < -0.39 is 47.9 Å². The van der Waals surface area contributed by atoms with Crippen molar-refractivity contribution in [3.05, 3.63) is 36.0 Å². The highest BCUT2D eigenvalue weighted by molar-refractivity contribution is 5.94. The van der Waals surface area contributed by atoms with E-state index in [0.717, 1.165) is 16.5 Å². The summed E-state index contributed by atoms with van der Waals surface area (Å²) in [4.78, 5) is 54.4. The van der Waals surface area contributed by atoms with Crippen molar-refractivity contribution in [3.8, 4) is 0 Å². The quantitative estimate of drug-likeness (QED) is 0.155. The first kappa shape index (κ1) is 31.8. The van der Waals surface area contributed by atoms with E-state index in [4.69, 9.17) is 11.5 Å². The number of nitrogens with one attached hydrogen (secondary N) is 4. The largest absolute Gasteiger partial charge is 0.480 e. The maximum atomic E-state index is 13.3. The number of aromatic nitrogens is 1. The van der Waals surface area contributed by atoms with Crippen LogP contribution in [0.3, 0.4) is 0 Å². The molecule has 216 valence electrons. The van der Waals surface area contributed by atoms with Crippen LogP contribution in [-0.4, -0.2) is 64.5 Å². The van der Waals surface area contributed by atoms with Crippen LogP contribution in [0.4, 0.5) is 0 Å². The fraction of sp³-hybridized carbons (Fsp3) is 0.571. The van der Waals surface area contributed by atoms with Crippen molar-refractivity contribution in [3.63, 3.8) is 0 Å². The van der Waals surface area contributed by atoms with Crippen LogP contribution in [0.1, 0.15) is 58.9 Å². The zero-order chi connectivity index (χ0) is 29.1. The van der Waals surface area contributed by atoms with Gasteiger partial charge in [-0.15, -0.1) is 0 Å². The van der Waals surface area contributed by atoms with E-state index in [-0.39, 0.29) is 24.7 Å². The number of carbonyl (C=O) groups excluding carboxylic acids is 3. The molecule has 1 aromatic heterocycles. The van der Waals surface area contributed by atoms with E-state index in [0.29, 0.717) is 25.8 Å². The van der Waals surface area contributed by atoms with Crippen LogP contribution in [0.15, 0.2) is 30.5 Å². The number of hydrogen-bond donors (Lipinski definition) is 7. The highest BCUT2D eigenvalue weighted by Gasteiger charge is 2.31. The fourth-order valence-electron chi connectivity index (χ4n) is 4.30. The Hall–Kier alpha value is -3.44. The van der Waals surface area contributed by atoms with Gasteiger partial charge in [-0.1, -0.05) is 45.9 Å². The molecule has 1 heterocycles.